The van der Waals surface area contributed by atoms with Crippen molar-refractivity contribution >= 4 is 23.2 Å². The van der Waals surface area contributed by atoms with Crippen LogP contribution in [0.25, 0.3) is 0 Å². The Hall–Kier alpha value is -4.52. The van der Waals surface area contributed by atoms with E-state index in [-0.39, 0.29) is 12.6 Å². The number of para-hydroxylation sites is 1. The van der Waals surface area contributed by atoms with Crippen LogP contribution < -0.4 is 19.7 Å². The highest BCUT2D eigenvalue weighted by molar-refractivity contribution is 6.16. The molecule has 7 nitrogen and oxygen atoms in total. The number of amidine groups is 1. The van der Waals surface area contributed by atoms with Gasteiger partial charge in [-0.1, -0.05) is 24.3 Å². The van der Waals surface area contributed by atoms with Crippen molar-refractivity contribution in [2.75, 3.05) is 24.0 Å². The second-order valence-corrected chi connectivity index (χ2v) is 7.42. The van der Waals surface area contributed by atoms with E-state index in [1.54, 1.807) is 36.4 Å². The molecule has 1 aliphatic heterocycles. The first kappa shape index (κ1) is 20.4. The Bertz CT molecular complexity index is 1300. The summed E-state index contributed by atoms with van der Waals surface area (Å²) in [6, 6.07) is 26.3. The zero-order valence-electron chi connectivity index (χ0n) is 18.0. The first-order chi connectivity index (χ1) is 16.2. The largest absolute Gasteiger partial charge is 0.497 e. The third-order valence-electron chi connectivity index (χ3n) is 5.28. The van der Waals surface area contributed by atoms with Gasteiger partial charge in [0.05, 0.1) is 12.7 Å². The van der Waals surface area contributed by atoms with Crippen molar-refractivity contribution in [2.24, 2.45) is 4.99 Å². The van der Waals surface area contributed by atoms with Crippen LogP contribution in [0.3, 0.4) is 0 Å². The van der Waals surface area contributed by atoms with Crippen molar-refractivity contribution in [1.29, 1.82) is 0 Å². The molecular formula is C26H22N4O3. The number of aromatic nitrogens is 1. The average molecular weight is 438 g/mol. The number of rotatable bonds is 5. The molecule has 33 heavy (non-hydrogen) atoms. The van der Waals surface area contributed by atoms with Gasteiger partial charge in [0.2, 0.25) is 0 Å². The van der Waals surface area contributed by atoms with E-state index in [0.29, 0.717) is 23.0 Å². The molecule has 1 amide bonds. The van der Waals surface area contributed by atoms with Crippen LogP contribution in [-0.2, 0) is 0 Å². The molecular weight excluding hydrogens is 416 g/mol. The lowest BCUT2D eigenvalue weighted by molar-refractivity contribution is 0.0986. The molecule has 0 fully saturated rings. The van der Waals surface area contributed by atoms with Gasteiger partial charge in [-0.2, -0.15) is 0 Å². The molecule has 1 aromatic heterocycles. The fraction of sp³-hybridized carbons (Fsp3) is 0.0769. The van der Waals surface area contributed by atoms with Crippen LogP contribution in [0, 0.1) is 0 Å². The Kier molecular flexibility index (Phi) is 5.51. The molecule has 0 aliphatic carbocycles. The Balaban J connectivity index is 1.32. The number of aliphatic imine (C=N–C) groups is 1. The van der Waals surface area contributed by atoms with E-state index in [4.69, 9.17) is 9.47 Å². The molecule has 1 aliphatic rings. The number of benzene rings is 3. The van der Waals surface area contributed by atoms with Crippen molar-refractivity contribution in [3.63, 3.8) is 0 Å². The molecule has 0 unspecified atom stereocenters. The fourth-order valence-electron chi connectivity index (χ4n) is 3.62. The molecule has 0 bridgehead atoms. The van der Waals surface area contributed by atoms with E-state index >= 15 is 0 Å². The second-order valence-electron chi connectivity index (χ2n) is 7.42. The number of amides is 1. The monoisotopic (exact) mass is 438 g/mol. The van der Waals surface area contributed by atoms with Gasteiger partial charge in [0, 0.05) is 17.4 Å². The normalized spacial score (nSPS) is 12.5. The number of nitrogens with zero attached hydrogens (tertiary/aromatic N) is 2. The van der Waals surface area contributed by atoms with Crippen LogP contribution in [0.2, 0.25) is 0 Å². The lowest BCUT2D eigenvalue weighted by Gasteiger charge is -2.26. The van der Waals surface area contributed by atoms with Crippen LogP contribution in [0.1, 0.15) is 15.9 Å². The van der Waals surface area contributed by atoms with Crippen LogP contribution in [0.5, 0.6) is 17.2 Å². The maximum Gasteiger partial charge on any atom is 0.261 e. The maximum absolute atomic E-state index is 13.1. The van der Waals surface area contributed by atoms with Crippen molar-refractivity contribution in [3.05, 3.63) is 102 Å². The molecule has 7 heteroatoms. The number of carbonyl (C=O) groups excluding carboxylic acids is 1. The van der Waals surface area contributed by atoms with Gasteiger partial charge in [-0.05, 0) is 60.7 Å². The van der Waals surface area contributed by atoms with Crippen molar-refractivity contribution in [3.8, 4) is 17.2 Å². The number of aromatic amines is 1. The first-order valence-corrected chi connectivity index (χ1v) is 10.5. The van der Waals surface area contributed by atoms with Gasteiger partial charge < -0.3 is 19.8 Å². The third-order valence-corrected chi connectivity index (χ3v) is 5.28. The second kappa shape index (κ2) is 8.92. The maximum atomic E-state index is 13.1. The minimum atomic E-state index is -0.150. The van der Waals surface area contributed by atoms with Crippen LogP contribution >= 0.6 is 0 Å². The van der Waals surface area contributed by atoms with Gasteiger partial charge in [-0.3, -0.25) is 9.69 Å². The van der Waals surface area contributed by atoms with Crippen LogP contribution in [0.15, 0.2) is 96.1 Å². The average Bonchev–Trinajstić information content (AvgIpc) is 3.36. The van der Waals surface area contributed by atoms with E-state index in [0.717, 1.165) is 22.7 Å². The SMILES string of the molecule is COc1cccc(C(=O)N2CN=C(Nc3ccc(Oc4ccccc4)cc3)c3cc[nH]c32)c1. The smallest absolute Gasteiger partial charge is 0.261 e. The Morgan fingerprint density at radius 1 is 0.939 bits per heavy atom. The van der Waals surface area contributed by atoms with Crippen LogP contribution in [-0.4, -0.2) is 30.5 Å². The third kappa shape index (κ3) is 4.29. The summed E-state index contributed by atoms with van der Waals surface area (Å²) in [7, 11) is 1.58. The topological polar surface area (TPSA) is 78.9 Å². The number of ether oxygens (including phenoxy) is 2. The number of methoxy groups -OCH3 is 1. The molecule has 0 atom stereocenters. The molecule has 0 radical (unpaired) electrons. The molecule has 0 spiro atoms. The molecule has 5 rings (SSSR count). The lowest BCUT2D eigenvalue weighted by atomic mass is 10.1. The van der Waals surface area contributed by atoms with E-state index in [9.17, 15) is 4.79 Å². The summed E-state index contributed by atoms with van der Waals surface area (Å²) in [5, 5.41) is 3.35. The molecule has 3 aromatic carbocycles. The highest BCUT2D eigenvalue weighted by Crippen LogP contribution is 2.28. The predicted octanol–water partition coefficient (Wildman–Crippen LogP) is 5.29. The number of hydrogen-bond donors (Lipinski definition) is 2. The summed E-state index contributed by atoms with van der Waals surface area (Å²) in [6.07, 6.45) is 1.80. The first-order valence-electron chi connectivity index (χ1n) is 10.5. The van der Waals surface area contributed by atoms with Crippen molar-refractivity contribution < 1.29 is 14.3 Å². The van der Waals surface area contributed by atoms with Gasteiger partial charge in [-0.25, -0.2) is 4.99 Å². The quantitative estimate of drug-likeness (QED) is 0.444. The zero-order valence-corrected chi connectivity index (χ0v) is 18.0. The summed E-state index contributed by atoms with van der Waals surface area (Å²) in [5.74, 6) is 3.40. The molecule has 2 N–H and O–H groups in total. The molecule has 0 saturated carbocycles. The number of hydrogen-bond acceptors (Lipinski definition) is 5. The van der Waals surface area contributed by atoms with Crippen LogP contribution in [0.4, 0.5) is 11.5 Å². The van der Waals surface area contributed by atoms with Gasteiger partial charge >= 0.3 is 0 Å². The van der Waals surface area contributed by atoms with Crippen molar-refractivity contribution in [2.45, 2.75) is 0 Å². The van der Waals surface area contributed by atoms with Gasteiger partial charge in [0.1, 0.15) is 35.6 Å². The summed E-state index contributed by atoms with van der Waals surface area (Å²) in [4.78, 5) is 22.5. The minimum Gasteiger partial charge on any atom is -0.497 e. The highest BCUT2D eigenvalue weighted by atomic mass is 16.5. The van der Waals surface area contributed by atoms with E-state index in [1.807, 2.05) is 66.7 Å². The predicted molar refractivity (Wildman–Crippen MR) is 129 cm³/mol. The number of nitrogens with one attached hydrogen (secondary N) is 2. The number of H-pyrrole nitrogens is 1. The van der Waals surface area contributed by atoms with E-state index in [1.165, 1.54) is 0 Å². The summed E-state index contributed by atoms with van der Waals surface area (Å²) >= 11 is 0. The Morgan fingerprint density at radius 2 is 1.70 bits per heavy atom. The zero-order chi connectivity index (χ0) is 22.6. The number of anilines is 2. The van der Waals surface area contributed by atoms with Gasteiger partial charge in [0.15, 0.2) is 0 Å². The number of fused-ring (bicyclic) bond motifs is 1. The minimum absolute atomic E-state index is 0.150. The van der Waals surface area contributed by atoms with Gasteiger partial charge in [0.25, 0.3) is 5.91 Å². The molecule has 164 valence electrons. The highest BCUT2D eigenvalue weighted by Gasteiger charge is 2.27. The summed E-state index contributed by atoms with van der Waals surface area (Å²) in [5.41, 5.74) is 2.23. The molecule has 2 heterocycles. The number of carbonyl (C=O) groups is 1. The Morgan fingerprint density at radius 3 is 2.48 bits per heavy atom. The lowest BCUT2D eigenvalue weighted by Crippen LogP contribution is -2.37. The van der Waals surface area contributed by atoms with E-state index in [2.05, 4.69) is 15.3 Å². The molecule has 4 aromatic rings. The molecule has 0 saturated heterocycles. The van der Waals surface area contributed by atoms with Crippen molar-refractivity contribution in [1.82, 2.24) is 4.98 Å². The standard InChI is InChI=1S/C26H22N4O3/c1-32-22-9-5-6-18(16-22)26(31)30-17-28-24(23-14-15-27-25(23)30)29-19-10-12-21(13-11-19)33-20-7-3-2-4-8-20/h2-16,27H,17H2,1H3,(H,28,29). The van der Waals surface area contributed by atoms with Gasteiger partial charge in [-0.15, -0.1) is 0 Å². The summed E-state index contributed by atoms with van der Waals surface area (Å²) < 4.78 is 11.1. The Labute approximate surface area is 191 Å². The summed E-state index contributed by atoms with van der Waals surface area (Å²) in [6.45, 7) is 0.196. The van der Waals surface area contributed by atoms with E-state index < -0.39 is 0 Å². The fourth-order valence-corrected chi connectivity index (χ4v) is 3.62.